The molecule has 3 aromatic heterocycles. The van der Waals surface area contributed by atoms with Gasteiger partial charge in [0.15, 0.2) is 0 Å². The van der Waals surface area contributed by atoms with Crippen LogP contribution in [-0.4, -0.2) is 63.0 Å². The van der Waals surface area contributed by atoms with Crippen molar-refractivity contribution in [1.29, 1.82) is 0 Å². The molecule has 1 aliphatic heterocycles. The van der Waals surface area contributed by atoms with E-state index in [1.807, 2.05) is 12.1 Å². The summed E-state index contributed by atoms with van der Waals surface area (Å²) >= 11 is 0. The lowest BCUT2D eigenvalue weighted by atomic mass is 9.83. The monoisotopic (exact) mass is 564 g/mol. The molecule has 2 aliphatic rings. The summed E-state index contributed by atoms with van der Waals surface area (Å²) in [6, 6.07) is 13.7. The summed E-state index contributed by atoms with van der Waals surface area (Å²) in [7, 11) is 0. The van der Waals surface area contributed by atoms with Crippen molar-refractivity contribution in [3.05, 3.63) is 82.4 Å². The molecule has 0 spiro atoms. The molecule has 4 aromatic rings. The molecule has 0 bridgehead atoms. The molecule has 1 aliphatic carbocycles. The lowest BCUT2D eigenvalue weighted by Crippen LogP contribution is -2.47. The zero-order valence-corrected chi connectivity index (χ0v) is 22.9. The predicted octanol–water partition coefficient (Wildman–Crippen LogP) is 5.13. The zero-order valence-electron chi connectivity index (χ0n) is 22.9. The van der Waals surface area contributed by atoms with Crippen molar-refractivity contribution in [2.24, 2.45) is 0 Å². The highest BCUT2D eigenvalue weighted by Crippen LogP contribution is 2.40. The van der Waals surface area contributed by atoms with E-state index in [0.29, 0.717) is 17.7 Å². The van der Waals surface area contributed by atoms with E-state index >= 15 is 0 Å². The molecule has 0 atom stereocenters. The van der Waals surface area contributed by atoms with Crippen LogP contribution >= 0.6 is 0 Å². The Bertz CT molecular complexity index is 1580. The summed E-state index contributed by atoms with van der Waals surface area (Å²) in [4.78, 5) is 26.5. The normalized spacial score (nSPS) is 16.8. The molecule has 4 heterocycles. The maximum absolute atomic E-state index is 13.4. The molecule has 41 heavy (non-hydrogen) atoms. The average Bonchev–Trinajstić information content (AvgIpc) is 3.70. The Morgan fingerprint density at radius 2 is 1.66 bits per heavy atom. The van der Waals surface area contributed by atoms with Crippen LogP contribution in [0.4, 0.5) is 19.0 Å². The predicted molar refractivity (Wildman–Crippen MR) is 149 cm³/mol. The molecule has 0 unspecified atom stereocenters. The average molecular weight is 565 g/mol. The van der Waals surface area contributed by atoms with Gasteiger partial charge in [-0.05, 0) is 56.0 Å². The summed E-state index contributed by atoms with van der Waals surface area (Å²) in [5, 5.41) is 4.01. The standard InChI is InChI=1S/C30H31F3N6O2/c1-29(2,30(31,32)33)23-6-3-21(4-7-23)27-35-28(41-36-27)22-5-10-26(40)39(19-22)18-20-11-12-34-25(17-20)38-15-13-37(14-16-38)24-8-9-24/h3-7,10-12,17,19,24H,8-9,13-16,18H2,1-2H3. The lowest BCUT2D eigenvalue weighted by Gasteiger charge is -2.35. The Morgan fingerprint density at radius 3 is 2.34 bits per heavy atom. The van der Waals surface area contributed by atoms with E-state index in [0.717, 1.165) is 57.4 Å². The second kappa shape index (κ2) is 10.4. The van der Waals surface area contributed by atoms with Crippen molar-refractivity contribution in [2.75, 3.05) is 31.1 Å². The van der Waals surface area contributed by atoms with Crippen LogP contribution in [0, 0.1) is 0 Å². The number of piperazine rings is 1. The fraction of sp³-hybridized carbons (Fsp3) is 0.400. The van der Waals surface area contributed by atoms with E-state index in [-0.39, 0.29) is 22.8 Å². The number of hydrogen-bond acceptors (Lipinski definition) is 7. The van der Waals surface area contributed by atoms with Crippen LogP contribution in [0.2, 0.25) is 0 Å². The number of alkyl halides is 3. The Balaban J connectivity index is 1.17. The number of halogens is 3. The first-order valence-corrected chi connectivity index (χ1v) is 13.7. The summed E-state index contributed by atoms with van der Waals surface area (Å²) < 4.78 is 47.3. The molecular formula is C30H31F3N6O2. The van der Waals surface area contributed by atoms with Gasteiger partial charge < -0.3 is 14.0 Å². The van der Waals surface area contributed by atoms with Crippen molar-refractivity contribution in [3.8, 4) is 22.8 Å². The van der Waals surface area contributed by atoms with E-state index in [1.165, 1.54) is 31.0 Å². The van der Waals surface area contributed by atoms with Crippen molar-refractivity contribution < 1.29 is 17.7 Å². The van der Waals surface area contributed by atoms with Crippen LogP contribution in [0.15, 0.2) is 70.2 Å². The van der Waals surface area contributed by atoms with Crippen LogP contribution < -0.4 is 10.5 Å². The van der Waals surface area contributed by atoms with Gasteiger partial charge >= 0.3 is 6.18 Å². The summed E-state index contributed by atoms with van der Waals surface area (Å²) in [5.41, 5.74) is 0.0208. The Labute approximate surface area is 235 Å². The van der Waals surface area contributed by atoms with Crippen LogP contribution in [0.25, 0.3) is 22.8 Å². The van der Waals surface area contributed by atoms with Gasteiger partial charge in [-0.1, -0.05) is 29.4 Å². The molecule has 0 amide bonds. The third kappa shape index (κ3) is 5.63. The molecule has 8 nitrogen and oxygen atoms in total. The first-order valence-electron chi connectivity index (χ1n) is 13.7. The van der Waals surface area contributed by atoms with Gasteiger partial charge in [0.05, 0.1) is 17.5 Å². The van der Waals surface area contributed by atoms with Crippen LogP contribution in [0.5, 0.6) is 0 Å². The number of hydrogen-bond donors (Lipinski definition) is 0. The molecule has 0 radical (unpaired) electrons. The maximum Gasteiger partial charge on any atom is 0.397 e. The highest BCUT2D eigenvalue weighted by molar-refractivity contribution is 5.59. The van der Waals surface area contributed by atoms with E-state index in [2.05, 4.69) is 24.9 Å². The third-order valence-electron chi connectivity index (χ3n) is 8.09. The minimum Gasteiger partial charge on any atom is -0.354 e. The molecule has 1 saturated heterocycles. The smallest absolute Gasteiger partial charge is 0.354 e. The number of aromatic nitrogens is 4. The number of rotatable bonds is 7. The van der Waals surface area contributed by atoms with Gasteiger partial charge in [0, 0.05) is 56.2 Å². The second-order valence-corrected chi connectivity index (χ2v) is 11.3. The minimum atomic E-state index is -4.38. The minimum absolute atomic E-state index is 0.143. The van der Waals surface area contributed by atoms with Gasteiger partial charge in [-0.25, -0.2) is 4.98 Å². The van der Waals surface area contributed by atoms with Gasteiger partial charge in [0.2, 0.25) is 5.82 Å². The van der Waals surface area contributed by atoms with Crippen molar-refractivity contribution in [3.63, 3.8) is 0 Å². The number of benzene rings is 1. The highest BCUT2D eigenvalue weighted by Gasteiger charge is 2.48. The van der Waals surface area contributed by atoms with Crippen LogP contribution in [0.3, 0.4) is 0 Å². The SMILES string of the molecule is CC(C)(c1ccc(-c2noc(-c3ccc(=O)n(Cc4ccnc(N5CCN(C6CC6)CC5)c4)c3)n2)cc1)C(F)(F)F. The number of anilines is 1. The van der Waals surface area contributed by atoms with E-state index < -0.39 is 11.6 Å². The molecular weight excluding hydrogens is 533 g/mol. The summed E-state index contributed by atoms with van der Waals surface area (Å²) in [5.74, 6) is 1.36. The summed E-state index contributed by atoms with van der Waals surface area (Å²) in [6.45, 7) is 6.59. The molecule has 2 fully saturated rings. The fourth-order valence-corrected chi connectivity index (χ4v) is 5.12. The van der Waals surface area contributed by atoms with Crippen molar-refractivity contribution in [1.82, 2.24) is 24.6 Å². The Hall–Kier alpha value is -3.99. The quantitative estimate of drug-likeness (QED) is 0.308. The van der Waals surface area contributed by atoms with Gasteiger partial charge in [-0.3, -0.25) is 9.69 Å². The molecule has 1 saturated carbocycles. The molecule has 1 aromatic carbocycles. The molecule has 11 heteroatoms. The van der Waals surface area contributed by atoms with Crippen molar-refractivity contribution in [2.45, 2.75) is 50.9 Å². The second-order valence-electron chi connectivity index (χ2n) is 11.3. The van der Waals surface area contributed by atoms with Gasteiger partial charge in [-0.2, -0.15) is 18.2 Å². The van der Waals surface area contributed by atoms with E-state index in [9.17, 15) is 18.0 Å². The van der Waals surface area contributed by atoms with E-state index in [4.69, 9.17) is 4.52 Å². The molecule has 214 valence electrons. The van der Waals surface area contributed by atoms with Gasteiger partial charge in [0.25, 0.3) is 11.4 Å². The summed E-state index contributed by atoms with van der Waals surface area (Å²) in [6.07, 6.45) is 1.69. The number of nitrogens with zero attached hydrogens (tertiary/aromatic N) is 6. The molecule has 6 rings (SSSR count). The molecule has 0 N–H and O–H groups in total. The number of pyridine rings is 2. The van der Waals surface area contributed by atoms with Crippen molar-refractivity contribution >= 4 is 5.82 Å². The topological polar surface area (TPSA) is 80.3 Å². The first kappa shape index (κ1) is 27.2. The third-order valence-corrected chi connectivity index (χ3v) is 8.09. The van der Waals surface area contributed by atoms with E-state index in [1.54, 1.807) is 35.2 Å². The van der Waals surface area contributed by atoms with Gasteiger partial charge in [0.1, 0.15) is 5.82 Å². The Kier molecular flexibility index (Phi) is 6.93. The Morgan fingerprint density at radius 1 is 0.951 bits per heavy atom. The van der Waals surface area contributed by atoms with Crippen LogP contribution in [0.1, 0.15) is 37.8 Å². The maximum atomic E-state index is 13.4. The first-order chi connectivity index (χ1) is 19.6. The fourth-order valence-electron chi connectivity index (χ4n) is 5.12. The zero-order chi connectivity index (χ0) is 28.8. The lowest BCUT2D eigenvalue weighted by molar-refractivity contribution is -0.180. The highest BCUT2D eigenvalue weighted by atomic mass is 19.4. The van der Waals surface area contributed by atoms with Gasteiger partial charge in [-0.15, -0.1) is 0 Å². The van der Waals surface area contributed by atoms with Crippen LogP contribution in [-0.2, 0) is 12.0 Å². The largest absolute Gasteiger partial charge is 0.397 e.